The van der Waals surface area contributed by atoms with Gasteiger partial charge in [0.25, 0.3) is 0 Å². The molecule has 7 heteroatoms. The average molecular weight is 364 g/mol. The Morgan fingerprint density at radius 3 is 2.12 bits per heavy atom. The minimum atomic E-state index is -3.87. The van der Waals surface area contributed by atoms with Gasteiger partial charge in [-0.05, 0) is 32.9 Å². The lowest BCUT2D eigenvalue weighted by Gasteiger charge is -2.23. The van der Waals surface area contributed by atoms with Gasteiger partial charge in [-0.1, -0.05) is 43.6 Å². The molecule has 136 valence electrons. The molecule has 2 aromatic rings. The highest BCUT2D eigenvalue weighted by Gasteiger charge is 2.43. The lowest BCUT2D eigenvalue weighted by Crippen LogP contribution is -2.44. The van der Waals surface area contributed by atoms with Gasteiger partial charge < -0.3 is 4.52 Å². The summed E-state index contributed by atoms with van der Waals surface area (Å²) in [5, 5.41) is 6.43. The van der Waals surface area contributed by atoms with Crippen molar-refractivity contribution in [1.29, 1.82) is 0 Å². The summed E-state index contributed by atoms with van der Waals surface area (Å²) in [7, 11) is -3.87. The van der Waals surface area contributed by atoms with Crippen molar-refractivity contribution in [2.45, 2.75) is 56.6 Å². The van der Waals surface area contributed by atoms with E-state index in [0.717, 1.165) is 5.56 Å². The van der Waals surface area contributed by atoms with Crippen LogP contribution < -0.4 is 5.32 Å². The van der Waals surface area contributed by atoms with Crippen LogP contribution in [0.5, 0.6) is 0 Å². The van der Waals surface area contributed by atoms with Gasteiger partial charge in [-0.15, -0.1) is 0 Å². The Hall–Kier alpha value is -2.15. The van der Waals surface area contributed by atoms with Gasteiger partial charge in [0.15, 0.2) is 9.84 Å². The second-order valence-corrected chi connectivity index (χ2v) is 10.1. The molecule has 25 heavy (non-hydrogen) atoms. The maximum Gasteiger partial charge on any atom is 0.248 e. The Labute approximate surface area is 148 Å². The molecule has 0 fully saturated rings. The summed E-state index contributed by atoms with van der Waals surface area (Å²) in [4.78, 5) is 12.7. The van der Waals surface area contributed by atoms with Gasteiger partial charge in [-0.25, -0.2) is 8.42 Å². The first-order chi connectivity index (χ1) is 11.4. The average Bonchev–Trinajstić information content (AvgIpc) is 2.96. The van der Waals surface area contributed by atoms with Gasteiger partial charge in [0.1, 0.15) is 4.75 Å². The molecular weight excluding hydrogens is 340 g/mol. The van der Waals surface area contributed by atoms with E-state index in [1.165, 1.54) is 26.0 Å². The molecule has 2 rings (SSSR count). The third-order valence-corrected chi connectivity index (χ3v) is 6.49. The van der Waals surface area contributed by atoms with Gasteiger partial charge >= 0.3 is 0 Å². The van der Waals surface area contributed by atoms with E-state index >= 15 is 0 Å². The van der Waals surface area contributed by atoms with E-state index in [0.29, 0.717) is 5.69 Å². The quantitative estimate of drug-likeness (QED) is 0.897. The zero-order valence-corrected chi connectivity index (χ0v) is 16.2. The highest BCUT2D eigenvalue weighted by Crippen LogP contribution is 2.28. The van der Waals surface area contributed by atoms with Crippen molar-refractivity contribution >= 4 is 21.6 Å². The molecule has 0 saturated heterocycles. The van der Waals surface area contributed by atoms with Crippen LogP contribution >= 0.6 is 0 Å². The second-order valence-electron chi connectivity index (χ2n) is 7.61. The first-order valence-corrected chi connectivity index (χ1v) is 9.44. The fraction of sp³-hybridized carbons (Fsp3) is 0.444. The van der Waals surface area contributed by atoms with E-state index in [1.54, 1.807) is 18.2 Å². The summed E-state index contributed by atoms with van der Waals surface area (Å²) in [5.74, 6) is -0.549. The number of sulfone groups is 1. The normalized spacial score (nSPS) is 12.9. The molecule has 1 aromatic carbocycles. The first kappa shape index (κ1) is 19.2. The van der Waals surface area contributed by atoms with Crippen molar-refractivity contribution in [2.24, 2.45) is 0 Å². The molecule has 0 spiro atoms. The van der Waals surface area contributed by atoms with Gasteiger partial charge in [0.2, 0.25) is 11.8 Å². The first-order valence-electron chi connectivity index (χ1n) is 7.95. The molecule has 1 heterocycles. The summed E-state index contributed by atoms with van der Waals surface area (Å²) < 4.78 is 29.2. The molecule has 0 aliphatic carbocycles. The van der Waals surface area contributed by atoms with Crippen LogP contribution in [-0.4, -0.2) is 24.2 Å². The second kappa shape index (κ2) is 6.29. The smallest absolute Gasteiger partial charge is 0.248 e. The molecule has 0 aliphatic rings. The monoisotopic (exact) mass is 364 g/mol. The SMILES string of the molecule is Cc1ccc(S(=O)(=O)C(C)(C)C(=O)Nc2cc(C(C)(C)C)no2)cc1. The Morgan fingerprint density at radius 1 is 1.08 bits per heavy atom. The molecule has 0 saturated carbocycles. The molecule has 1 aromatic heterocycles. The number of carbonyl (C=O) groups excluding carboxylic acids is 1. The van der Waals surface area contributed by atoms with Crippen LogP contribution in [0.3, 0.4) is 0 Å². The Morgan fingerprint density at radius 2 is 1.64 bits per heavy atom. The Balaban J connectivity index is 2.27. The number of nitrogens with zero attached hydrogens (tertiary/aromatic N) is 1. The van der Waals surface area contributed by atoms with Crippen LogP contribution in [0.1, 0.15) is 45.9 Å². The van der Waals surface area contributed by atoms with E-state index < -0.39 is 20.5 Å². The molecule has 1 N–H and O–H groups in total. The lowest BCUT2D eigenvalue weighted by atomic mass is 9.92. The molecule has 1 amide bonds. The number of rotatable bonds is 4. The van der Waals surface area contributed by atoms with Crippen molar-refractivity contribution < 1.29 is 17.7 Å². The summed E-state index contributed by atoms with van der Waals surface area (Å²) in [6.45, 7) is 10.5. The summed E-state index contributed by atoms with van der Waals surface area (Å²) >= 11 is 0. The molecule has 6 nitrogen and oxygen atoms in total. The zero-order chi connectivity index (χ0) is 19.0. The summed E-state index contributed by atoms with van der Waals surface area (Å²) in [6.07, 6.45) is 0. The van der Waals surface area contributed by atoms with Crippen molar-refractivity contribution in [2.75, 3.05) is 5.32 Å². The van der Waals surface area contributed by atoms with E-state index in [-0.39, 0.29) is 16.2 Å². The van der Waals surface area contributed by atoms with Crippen molar-refractivity contribution in [3.05, 3.63) is 41.6 Å². The van der Waals surface area contributed by atoms with E-state index in [2.05, 4.69) is 10.5 Å². The largest absolute Gasteiger partial charge is 0.338 e. The van der Waals surface area contributed by atoms with E-state index in [1.807, 2.05) is 27.7 Å². The minimum absolute atomic E-state index is 0.103. The molecule has 0 radical (unpaired) electrons. The van der Waals surface area contributed by atoms with Gasteiger partial charge in [-0.3, -0.25) is 10.1 Å². The van der Waals surface area contributed by atoms with Crippen LogP contribution in [0.25, 0.3) is 0 Å². The van der Waals surface area contributed by atoms with Gasteiger partial charge in [-0.2, -0.15) is 0 Å². The minimum Gasteiger partial charge on any atom is -0.338 e. The number of aromatic nitrogens is 1. The predicted molar refractivity (Wildman–Crippen MR) is 96.3 cm³/mol. The summed E-state index contributed by atoms with van der Waals surface area (Å²) in [6, 6.07) is 8.02. The number of anilines is 1. The number of amides is 1. The maximum atomic E-state index is 12.9. The maximum absolute atomic E-state index is 12.9. The van der Waals surface area contributed by atoms with Crippen LogP contribution in [0.2, 0.25) is 0 Å². The van der Waals surface area contributed by atoms with Gasteiger partial charge in [0.05, 0.1) is 10.6 Å². The number of nitrogens with one attached hydrogen (secondary N) is 1. The fourth-order valence-electron chi connectivity index (χ4n) is 2.08. The van der Waals surface area contributed by atoms with Crippen LogP contribution in [-0.2, 0) is 20.0 Å². The van der Waals surface area contributed by atoms with Crippen LogP contribution in [0.4, 0.5) is 5.88 Å². The molecule has 0 aliphatic heterocycles. The van der Waals surface area contributed by atoms with Crippen molar-refractivity contribution in [3.8, 4) is 0 Å². The van der Waals surface area contributed by atoms with E-state index in [4.69, 9.17) is 4.52 Å². The topological polar surface area (TPSA) is 89.3 Å². The third kappa shape index (κ3) is 3.76. The van der Waals surface area contributed by atoms with Gasteiger partial charge in [0, 0.05) is 11.5 Å². The zero-order valence-electron chi connectivity index (χ0n) is 15.4. The Kier molecular flexibility index (Phi) is 4.83. The van der Waals surface area contributed by atoms with Crippen molar-refractivity contribution in [1.82, 2.24) is 5.16 Å². The van der Waals surface area contributed by atoms with Crippen molar-refractivity contribution in [3.63, 3.8) is 0 Å². The lowest BCUT2D eigenvalue weighted by molar-refractivity contribution is -0.118. The number of hydrogen-bond acceptors (Lipinski definition) is 5. The molecule has 0 atom stereocenters. The molecule has 0 bridgehead atoms. The summed E-state index contributed by atoms with van der Waals surface area (Å²) in [5.41, 5.74) is 1.37. The molecular formula is C18H24N2O4S. The van der Waals surface area contributed by atoms with Crippen LogP contribution in [0.15, 0.2) is 39.8 Å². The van der Waals surface area contributed by atoms with E-state index in [9.17, 15) is 13.2 Å². The number of benzene rings is 1. The number of carbonyl (C=O) groups is 1. The highest BCUT2D eigenvalue weighted by atomic mass is 32.2. The molecule has 0 unspecified atom stereocenters. The third-order valence-electron chi connectivity index (χ3n) is 4.07. The number of hydrogen-bond donors (Lipinski definition) is 1. The highest BCUT2D eigenvalue weighted by molar-refractivity contribution is 7.93. The Bertz CT molecular complexity index is 873. The standard InChI is InChI=1S/C18H24N2O4S/c1-12-7-9-13(10-8-12)25(22,23)18(5,6)16(21)19-15-11-14(20-24-15)17(2,3)4/h7-11H,1-6H3,(H,19,21). The predicted octanol–water partition coefficient (Wildman–Crippen LogP) is 3.47. The fourth-order valence-corrected chi connectivity index (χ4v) is 3.46. The number of aryl methyl sites for hydroxylation is 1. The van der Waals surface area contributed by atoms with Crippen LogP contribution in [0, 0.1) is 6.92 Å².